The van der Waals surface area contributed by atoms with E-state index in [9.17, 15) is 0 Å². The fraction of sp³-hybridized carbons (Fsp3) is 0.300. The number of nitrogens with zero attached hydrogens (tertiary/aromatic N) is 3. The maximum atomic E-state index is 6.05. The van der Waals surface area contributed by atoms with E-state index in [4.69, 9.17) is 5.73 Å². The monoisotopic (exact) mass is 350 g/mol. The molecular weight excluding hydrogens is 328 g/mol. The summed E-state index contributed by atoms with van der Waals surface area (Å²) in [5, 5.41) is 0.991. The van der Waals surface area contributed by atoms with Gasteiger partial charge in [0.1, 0.15) is 5.01 Å². The van der Waals surface area contributed by atoms with E-state index in [0.29, 0.717) is 11.8 Å². The lowest BCUT2D eigenvalue weighted by Gasteiger charge is -2.16. The number of pyridine rings is 1. The van der Waals surface area contributed by atoms with Gasteiger partial charge in [-0.05, 0) is 30.2 Å². The molecule has 0 spiro atoms. The molecule has 3 aromatic rings. The van der Waals surface area contributed by atoms with Gasteiger partial charge in [-0.3, -0.25) is 9.88 Å². The highest BCUT2D eigenvalue weighted by Gasteiger charge is 2.32. The Kier molecular flexibility index (Phi) is 4.88. The molecule has 1 aliphatic rings. The molecule has 0 bridgehead atoms. The Morgan fingerprint density at radius 2 is 1.88 bits per heavy atom. The molecule has 5 heteroatoms. The summed E-state index contributed by atoms with van der Waals surface area (Å²) >= 11 is 1.73. The van der Waals surface area contributed by atoms with Gasteiger partial charge < -0.3 is 5.73 Å². The molecule has 128 valence electrons. The molecule has 3 heterocycles. The Morgan fingerprint density at radius 1 is 1.04 bits per heavy atom. The van der Waals surface area contributed by atoms with Crippen molar-refractivity contribution in [1.82, 2.24) is 14.9 Å². The van der Waals surface area contributed by atoms with Gasteiger partial charge in [0.05, 0.1) is 5.69 Å². The van der Waals surface area contributed by atoms with Crippen LogP contribution < -0.4 is 5.73 Å². The maximum Gasteiger partial charge on any atom is 0.142 e. The third-order valence-electron chi connectivity index (χ3n) is 4.86. The van der Waals surface area contributed by atoms with Crippen LogP contribution in [-0.2, 0) is 6.54 Å². The topological polar surface area (TPSA) is 55.0 Å². The summed E-state index contributed by atoms with van der Waals surface area (Å²) in [6.45, 7) is 3.78. The first-order valence-electron chi connectivity index (χ1n) is 8.67. The van der Waals surface area contributed by atoms with Crippen molar-refractivity contribution in [3.05, 3.63) is 71.4 Å². The van der Waals surface area contributed by atoms with E-state index in [1.807, 2.05) is 30.6 Å². The van der Waals surface area contributed by atoms with Gasteiger partial charge in [-0.1, -0.05) is 36.4 Å². The Morgan fingerprint density at radius 3 is 2.64 bits per heavy atom. The van der Waals surface area contributed by atoms with Crippen LogP contribution in [0, 0.1) is 5.92 Å². The van der Waals surface area contributed by atoms with Gasteiger partial charge in [-0.2, -0.15) is 0 Å². The smallest absolute Gasteiger partial charge is 0.142 e. The maximum absolute atomic E-state index is 6.05. The van der Waals surface area contributed by atoms with E-state index in [0.717, 1.165) is 36.9 Å². The number of aromatic nitrogens is 2. The van der Waals surface area contributed by atoms with Gasteiger partial charge in [-0.25, -0.2) is 4.98 Å². The van der Waals surface area contributed by atoms with Gasteiger partial charge in [0.2, 0.25) is 0 Å². The summed E-state index contributed by atoms with van der Waals surface area (Å²) in [5.74, 6) is 1.04. The van der Waals surface area contributed by atoms with Crippen LogP contribution in [0.4, 0.5) is 0 Å². The molecule has 2 N–H and O–H groups in total. The molecule has 0 unspecified atom stereocenters. The van der Waals surface area contributed by atoms with Crippen LogP contribution in [0.25, 0.3) is 10.7 Å². The predicted octanol–water partition coefficient (Wildman–Crippen LogP) is 3.38. The Balaban J connectivity index is 1.46. The van der Waals surface area contributed by atoms with Crippen LogP contribution in [0.2, 0.25) is 0 Å². The van der Waals surface area contributed by atoms with Crippen molar-refractivity contribution >= 4 is 11.3 Å². The first-order chi connectivity index (χ1) is 12.3. The number of nitrogens with two attached hydrogens (primary N) is 1. The van der Waals surface area contributed by atoms with E-state index < -0.39 is 0 Å². The molecule has 25 heavy (non-hydrogen) atoms. The largest absolute Gasteiger partial charge is 0.330 e. The molecule has 1 saturated heterocycles. The second kappa shape index (κ2) is 7.44. The van der Waals surface area contributed by atoms with Crippen molar-refractivity contribution < 1.29 is 0 Å². The van der Waals surface area contributed by atoms with Crippen LogP contribution in [0.1, 0.15) is 16.4 Å². The standard InChI is InChI=1S/C20H22N4S/c21-10-16-12-24(14-18(16)15-6-2-1-3-7-15)13-17-11-23-20(25-17)19-8-4-5-9-22-19/h1-9,11,16,18H,10,12-14,21H2/t16-,18+/m1/s1. The first kappa shape index (κ1) is 16.4. The van der Waals surface area contributed by atoms with E-state index in [1.54, 1.807) is 11.3 Å². The fourth-order valence-electron chi connectivity index (χ4n) is 3.62. The molecule has 0 radical (unpaired) electrons. The minimum Gasteiger partial charge on any atom is -0.330 e. The van der Waals surface area contributed by atoms with Crippen molar-refractivity contribution in [2.24, 2.45) is 11.7 Å². The summed E-state index contributed by atoms with van der Waals surface area (Å²) in [6, 6.07) is 16.7. The van der Waals surface area contributed by atoms with Crippen molar-refractivity contribution in [2.45, 2.75) is 12.5 Å². The van der Waals surface area contributed by atoms with E-state index in [1.165, 1.54) is 10.4 Å². The van der Waals surface area contributed by atoms with Crippen molar-refractivity contribution in [2.75, 3.05) is 19.6 Å². The molecule has 4 rings (SSSR count). The summed E-state index contributed by atoms with van der Waals surface area (Å²) in [6.07, 6.45) is 3.80. The summed E-state index contributed by atoms with van der Waals surface area (Å²) in [5.41, 5.74) is 8.40. The quantitative estimate of drug-likeness (QED) is 0.766. The molecular formula is C20H22N4S. The predicted molar refractivity (Wildman–Crippen MR) is 102 cm³/mol. The molecule has 0 saturated carbocycles. The van der Waals surface area contributed by atoms with Gasteiger partial charge >= 0.3 is 0 Å². The minimum atomic E-state index is 0.519. The first-order valence-corrected chi connectivity index (χ1v) is 9.48. The highest BCUT2D eigenvalue weighted by molar-refractivity contribution is 7.14. The molecule has 0 amide bonds. The summed E-state index contributed by atoms with van der Waals surface area (Å²) < 4.78 is 0. The third kappa shape index (κ3) is 3.63. The van der Waals surface area contributed by atoms with Crippen LogP contribution in [0.15, 0.2) is 60.9 Å². The molecule has 1 fully saturated rings. The number of benzene rings is 1. The molecule has 0 aliphatic carbocycles. The third-order valence-corrected chi connectivity index (χ3v) is 5.87. The summed E-state index contributed by atoms with van der Waals surface area (Å²) in [7, 11) is 0. The number of hydrogen-bond donors (Lipinski definition) is 1. The zero-order chi connectivity index (χ0) is 17.1. The van der Waals surface area contributed by atoms with Gasteiger partial charge in [-0.15, -0.1) is 11.3 Å². The minimum absolute atomic E-state index is 0.519. The Bertz CT molecular complexity index is 803. The molecule has 4 nitrogen and oxygen atoms in total. The van der Waals surface area contributed by atoms with Crippen LogP contribution >= 0.6 is 11.3 Å². The molecule has 1 aliphatic heterocycles. The zero-order valence-electron chi connectivity index (χ0n) is 14.1. The number of thiazole rings is 1. The van der Waals surface area contributed by atoms with E-state index in [-0.39, 0.29) is 0 Å². The highest BCUT2D eigenvalue weighted by Crippen LogP contribution is 2.34. The van der Waals surface area contributed by atoms with Gasteiger partial charge in [0, 0.05) is 42.8 Å². The van der Waals surface area contributed by atoms with Crippen LogP contribution in [0.5, 0.6) is 0 Å². The second-order valence-corrected chi connectivity index (χ2v) is 7.67. The van der Waals surface area contributed by atoms with Crippen molar-refractivity contribution in [3.8, 4) is 10.7 Å². The number of rotatable bonds is 5. The van der Waals surface area contributed by atoms with Gasteiger partial charge in [0.15, 0.2) is 0 Å². The highest BCUT2D eigenvalue weighted by atomic mass is 32.1. The number of hydrogen-bond acceptors (Lipinski definition) is 5. The van der Waals surface area contributed by atoms with Crippen LogP contribution in [-0.4, -0.2) is 34.5 Å². The number of likely N-dealkylation sites (tertiary alicyclic amines) is 1. The van der Waals surface area contributed by atoms with Crippen molar-refractivity contribution in [3.63, 3.8) is 0 Å². The normalized spacial score (nSPS) is 20.8. The molecule has 1 aromatic carbocycles. The van der Waals surface area contributed by atoms with Gasteiger partial charge in [0.25, 0.3) is 0 Å². The van der Waals surface area contributed by atoms with E-state index in [2.05, 4.69) is 45.2 Å². The molecule has 2 atom stereocenters. The second-order valence-electron chi connectivity index (χ2n) is 6.55. The fourth-order valence-corrected chi connectivity index (χ4v) is 4.55. The summed E-state index contributed by atoms with van der Waals surface area (Å²) in [4.78, 5) is 12.7. The Hall–Kier alpha value is -2.08. The lowest BCUT2D eigenvalue weighted by molar-refractivity contribution is 0.319. The lowest BCUT2D eigenvalue weighted by Crippen LogP contribution is -2.22. The average Bonchev–Trinajstić information content (AvgIpc) is 3.30. The lowest BCUT2D eigenvalue weighted by atomic mass is 9.89. The zero-order valence-corrected chi connectivity index (χ0v) is 14.9. The van der Waals surface area contributed by atoms with E-state index >= 15 is 0 Å². The van der Waals surface area contributed by atoms with Crippen molar-refractivity contribution in [1.29, 1.82) is 0 Å². The average molecular weight is 350 g/mol. The van der Waals surface area contributed by atoms with Crippen LogP contribution in [0.3, 0.4) is 0 Å². The molecule has 2 aromatic heterocycles. The Labute approximate surface area is 152 Å². The SMILES string of the molecule is NC[C@@H]1CN(Cc2cnc(-c3ccccn3)s2)C[C@H]1c1ccccc1.